The van der Waals surface area contributed by atoms with Gasteiger partial charge >= 0.3 is 11.7 Å². The first-order valence-corrected chi connectivity index (χ1v) is 8.98. The summed E-state index contributed by atoms with van der Waals surface area (Å²) in [5, 5.41) is 3.25. The molecule has 1 aromatic heterocycles. The number of nitrogens with one attached hydrogen (secondary N) is 1. The van der Waals surface area contributed by atoms with Crippen LogP contribution < -0.4 is 15.9 Å². The summed E-state index contributed by atoms with van der Waals surface area (Å²) in [6, 6.07) is 15.8. The Bertz CT molecular complexity index is 1110. The molecular formula is C19H16ClN5O3. The molecule has 28 heavy (non-hydrogen) atoms. The van der Waals surface area contributed by atoms with E-state index in [1.54, 1.807) is 30.3 Å². The highest BCUT2D eigenvalue weighted by Crippen LogP contribution is 2.22. The van der Waals surface area contributed by atoms with Crippen LogP contribution in [0, 0.1) is 0 Å². The minimum Gasteiger partial charge on any atom is -0.350 e. The summed E-state index contributed by atoms with van der Waals surface area (Å²) in [5.41, 5.74) is 0.818. The van der Waals surface area contributed by atoms with Gasteiger partial charge in [0.2, 0.25) is 5.91 Å². The molecule has 0 radical (unpaired) electrons. The summed E-state index contributed by atoms with van der Waals surface area (Å²) >= 11 is 6.07. The first kappa shape index (κ1) is 18.0. The van der Waals surface area contributed by atoms with Crippen LogP contribution in [-0.4, -0.2) is 26.3 Å². The standard InChI is InChI=1S/C19H16ClN5O3/c20-15-9-5-4-6-13(15)10-21-17(26)12-24-18(27)22-16-11-23(19(28)25(16)24)14-7-2-1-3-8-14/h1-9H,10-12H2,(H,21,26). The monoisotopic (exact) mass is 397 g/mol. The zero-order valence-electron chi connectivity index (χ0n) is 14.7. The molecule has 3 aromatic rings. The average Bonchev–Trinajstić information content (AvgIpc) is 3.18. The van der Waals surface area contributed by atoms with Crippen LogP contribution >= 0.6 is 11.6 Å². The lowest BCUT2D eigenvalue weighted by Crippen LogP contribution is -2.38. The molecule has 2 amide bonds. The Kier molecular flexibility index (Phi) is 4.70. The lowest BCUT2D eigenvalue weighted by atomic mass is 10.2. The predicted octanol–water partition coefficient (Wildman–Crippen LogP) is 2.00. The highest BCUT2D eigenvalue weighted by atomic mass is 35.5. The summed E-state index contributed by atoms with van der Waals surface area (Å²) < 4.78 is 2.20. The second kappa shape index (κ2) is 7.32. The number of para-hydroxylation sites is 1. The molecule has 0 fully saturated rings. The number of anilines is 1. The molecular weight excluding hydrogens is 382 g/mol. The van der Waals surface area contributed by atoms with Gasteiger partial charge in [-0.25, -0.2) is 14.3 Å². The maximum absolute atomic E-state index is 12.8. The number of carbonyl (C=O) groups excluding carboxylic acids is 2. The number of hydrogen-bond donors (Lipinski definition) is 1. The zero-order valence-corrected chi connectivity index (χ0v) is 15.5. The number of hydrogen-bond acceptors (Lipinski definition) is 4. The summed E-state index contributed by atoms with van der Waals surface area (Å²) in [6.07, 6.45) is 0. The Balaban J connectivity index is 1.50. The van der Waals surface area contributed by atoms with E-state index >= 15 is 0 Å². The largest absolute Gasteiger partial charge is 0.365 e. The van der Waals surface area contributed by atoms with E-state index in [0.29, 0.717) is 16.5 Å². The van der Waals surface area contributed by atoms with Gasteiger partial charge in [0.1, 0.15) is 6.54 Å². The molecule has 142 valence electrons. The van der Waals surface area contributed by atoms with E-state index < -0.39 is 17.6 Å². The number of halogens is 1. The van der Waals surface area contributed by atoms with Gasteiger partial charge in [-0.3, -0.25) is 9.69 Å². The topological polar surface area (TPSA) is 89.2 Å². The van der Waals surface area contributed by atoms with Crippen molar-refractivity contribution in [3.8, 4) is 0 Å². The molecule has 1 aliphatic heterocycles. The van der Waals surface area contributed by atoms with Crippen LogP contribution in [0.5, 0.6) is 0 Å². The quantitative estimate of drug-likeness (QED) is 0.713. The molecule has 0 aliphatic carbocycles. The molecule has 2 heterocycles. The van der Waals surface area contributed by atoms with E-state index in [-0.39, 0.29) is 19.6 Å². The third kappa shape index (κ3) is 3.29. The van der Waals surface area contributed by atoms with Crippen molar-refractivity contribution in [2.24, 2.45) is 0 Å². The van der Waals surface area contributed by atoms with Crippen molar-refractivity contribution in [1.29, 1.82) is 0 Å². The van der Waals surface area contributed by atoms with Gasteiger partial charge in [-0.15, -0.1) is 0 Å². The Labute approximate surface area is 164 Å². The van der Waals surface area contributed by atoms with Crippen LogP contribution in [0.1, 0.15) is 11.4 Å². The van der Waals surface area contributed by atoms with E-state index in [2.05, 4.69) is 10.3 Å². The molecule has 0 spiro atoms. The van der Waals surface area contributed by atoms with Gasteiger partial charge in [-0.05, 0) is 23.8 Å². The number of rotatable bonds is 5. The van der Waals surface area contributed by atoms with E-state index in [0.717, 1.165) is 14.9 Å². The van der Waals surface area contributed by atoms with Crippen molar-refractivity contribution in [1.82, 2.24) is 19.7 Å². The second-order valence-electron chi connectivity index (χ2n) is 6.25. The van der Waals surface area contributed by atoms with Crippen molar-refractivity contribution >= 4 is 29.2 Å². The number of benzene rings is 2. The van der Waals surface area contributed by atoms with Crippen LogP contribution in [0.3, 0.4) is 0 Å². The smallest absolute Gasteiger partial charge is 0.350 e. The molecule has 2 aromatic carbocycles. The Hall–Kier alpha value is -3.39. The Morgan fingerprint density at radius 1 is 1.07 bits per heavy atom. The fourth-order valence-corrected chi connectivity index (χ4v) is 3.26. The van der Waals surface area contributed by atoms with Gasteiger partial charge in [-0.2, -0.15) is 9.67 Å². The number of fused-ring (bicyclic) bond motifs is 1. The lowest BCUT2D eigenvalue weighted by molar-refractivity contribution is -0.122. The average molecular weight is 398 g/mol. The number of carbonyl (C=O) groups is 2. The van der Waals surface area contributed by atoms with Crippen molar-refractivity contribution in [2.45, 2.75) is 19.6 Å². The third-order valence-electron chi connectivity index (χ3n) is 4.44. The molecule has 0 unspecified atom stereocenters. The van der Waals surface area contributed by atoms with Gasteiger partial charge < -0.3 is 5.32 Å². The van der Waals surface area contributed by atoms with Crippen molar-refractivity contribution in [3.05, 3.63) is 81.5 Å². The highest BCUT2D eigenvalue weighted by molar-refractivity contribution is 6.31. The summed E-state index contributed by atoms with van der Waals surface area (Å²) in [5.74, 6) is -0.117. The van der Waals surface area contributed by atoms with E-state index in [1.807, 2.05) is 24.3 Å². The molecule has 0 atom stereocenters. The second-order valence-corrected chi connectivity index (χ2v) is 6.66. The van der Waals surface area contributed by atoms with E-state index in [1.165, 1.54) is 4.90 Å². The molecule has 1 N–H and O–H groups in total. The molecule has 8 nitrogen and oxygen atoms in total. The van der Waals surface area contributed by atoms with Gasteiger partial charge in [0.25, 0.3) is 0 Å². The summed E-state index contributed by atoms with van der Waals surface area (Å²) in [6.45, 7) is 0.0787. The minimum absolute atomic E-state index is 0.173. The SMILES string of the molecule is O=C(Cn1c(=O)nc2n1C(=O)N(c1ccccc1)C2)NCc1ccccc1Cl. The molecule has 9 heteroatoms. The van der Waals surface area contributed by atoms with Crippen molar-refractivity contribution in [2.75, 3.05) is 4.90 Å². The maximum Gasteiger partial charge on any atom is 0.365 e. The van der Waals surface area contributed by atoms with Crippen molar-refractivity contribution in [3.63, 3.8) is 0 Å². The third-order valence-corrected chi connectivity index (χ3v) is 4.81. The van der Waals surface area contributed by atoms with E-state index in [9.17, 15) is 14.4 Å². The lowest BCUT2D eigenvalue weighted by Gasteiger charge is -2.15. The van der Waals surface area contributed by atoms with Gasteiger partial charge in [-0.1, -0.05) is 48.0 Å². The minimum atomic E-state index is -0.635. The Morgan fingerprint density at radius 3 is 2.54 bits per heavy atom. The fourth-order valence-electron chi connectivity index (χ4n) is 3.06. The van der Waals surface area contributed by atoms with Gasteiger partial charge in [0, 0.05) is 17.3 Å². The van der Waals surface area contributed by atoms with Crippen LogP contribution in [0.2, 0.25) is 5.02 Å². The predicted molar refractivity (Wildman–Crippen MR) is 103 cm³/mol. The highest BCUT2D eigenvalue weighted by Gasteiger charge is 2.33. The molecule has 1 aliphatic rings. The molecule has 4 rings (SSSR count). The molecule has 0 saturated heterocycles. The summed E-state index contributed by atoms with van der Waals surface area (Å²) in [4.78, 5) is 42.7. The van der Waals surface area contributed by atoms with Crippen LogP contribution in [-0.2, 0) is 24.4 Å². The van der Waals surface area contributed by atoms with Crippen LogP contribution in [0.4, 0.5) is 10.5 Å². The van der Waals surface area contributed by atoms with Crippen LogP contribution in [0.15, 0.2) is 59.4 Å². The fraction of sp³-hybridized carbons (Fsp3) is 0.158. The first-order valence-electron chi connectivity index (χ1n) is 8.60. The summed E-state index contributed by atoms with van der Waals surface area (Å²) in [7, 11) is 0. The molecule has 0 bridgehead atoms. The number of nitrogens with zero attached hydrogens (tertiary/aromatic N) is 4. The van der Waals surface area contributed by atoms with Gasteiger partial charge in [0.15, 0.2) is 5.82 Å². The Morgan fingerprint density at radius 2 is 1.79 bits per heavy atom. The van der Waals surface area contributed by atoms with Gasteiger partial charge in [0.05, 0.1) is 6.54 Å². The van der Waals surface area contributed by atoms with E-state index in [4.69, 9.17) is 11.6 Å². The molecule has 0 saturated carbocycles. The maximum atomic E-state index is 12.8. The number of aromatic nitrogens is 3. The zero-order chi connectivity index (χ0) is 19.7. The normalized spacial score (nSPS) is 12.9. The number of amides is 2. The van der Waals surface area contributed by atoms with Crippen LogP contribution in [0.25, 0.3) is 0 Å². The van der Waals surface area contributed by atoms with Crippen molar-refractivity contribution < 1.29 is 9.59 Å². The first-order chi connectivity index (χ1) is 13.5.